The molecule has 4 aromatic rings. The molecular formula is C35H39N3O4S. The van der Waals surface area contributed by atoms with Gasteiger partial charge >= 0.3 is 0 Å². The fraction of sp³-hybridized carbons (Fsp3) is 0.257. The molecule has 0 aliphatic rings. The Hall–Kier alpha value is -4.43. The SMILES string of the molecule is CCCNC(=O)[C@@H](Cc1ccccc1)N(Cc1ccccc1)C(=O)CN(c1ccccc1CC)S(=O)(=O)c1ccccc1. The molecule has 0 aromatic heterocycles. The number of amides is 2. The molecule has 0 saturated heterocycles. The Morgan fingerprint density at radius 1 is 0.744 bits per heavy atom. The molecule has 0 radical (unpaired) electrons. The molecular weight excluding hydrogens is 558 g/mol. The zero-order chi connectivity index (χ0) is 30.7. The van der Waals surface area contributed by atoms with Gasteiger partial charge in [-0.25, -0.2) is 8.42 Å². The molecule has 0 aliphatic heterocycles. The molecule has 0 unspecified atom stereocenters. The highest BCUT2D eigenvalue weighted by Crippen LogP contribution is 2.28. The van der Waals surface area contributed by atoms with Gasteiger partial charge in [0.2, 0.25) is 11.8 Å². The number of sulfonamides is 1. The fourth-order valence-electron chi connectivity index (χ4n) is 4.99. The number of rotatable bonds is 14. The van der Waals surface area contributed by atoms with Gasteiger partial charge < -0.3 is 10.2 Å². The Balaban J connectivity index is 1.80. The number of hydrogen-bond acceptors (Lipinski definition) is 4. The Labute approximate surface area is 255 Å². The van der Waals surface area contributed by atoms with E-state index in [4.69, 9.17) is 0 Å². The van der Waals surface area contributed by atoms with Crippen molar-refractivity contribution in [2.75, 3.05) is 17.4 Å². The van der Waals surface area contributed by atoms with E-state index in [1.54, 1.807) is 30.3 Å². The second kappa shape index (κ2) is 15.2. The molecule has 7 nitrogen and oxygen atoms in total. The van der Waals surface area contributed by atoms with Gasteiger partial charge in [-0.05, 0) is 47.7 Å². The van der Waals surface area contributed by atoms with E-state index < -0.39 is 28.5 Å². The highest BCUT2D eigenvalue weighted by molar-refractivity contribution is 7.92. The number of anilines is 1. The van der Waals surface area contributed by atoms with Crippen LogP contribution in [0.1, 0.15) is 37.0 Å². The van der Waals surface area contributed by atoms with E-state index in [9.17, 15) is 18.0 Å². The lowest BCUT2D eigenvalue weighted by Crippen LogP contribution is -2.53. The first-order valence-corrected chi connectivity index (χ1v) is 16.1. The van der Waals surface area contributed by atoms with E-state index in [-0.39, 0.29) is 23.8 Å². The first kappa shape index (κ1) is 31.5. The van der Waals surface area contributed by atoms with Crippen molar-refractivity contribution in [1.82, 2.24) is 10.2 Å². The van der Waals surface area contributed by atoms with Crippen LogP contribution in [0.3, 0.4) is 0 Å². The third-order valence-corrected chi connectivity index (χ3v) is 9.04. The lowest BCUT2D eigenvalue weighted by atomic mass is 10.0. The fourth-order valence-corrected chi connectivity index (χ4v) is 6.46. The summed E-state index contributed by atoms with van der Waals surface area (Å²) in [5.74, 6) is -0.747. The Morgan fingerprint density at radius 2 is 1.30 bits per heavy atom. The molecule has 2 amide bonds. The van der Waals surface area contributed by atoms with Crippen LogP contribution in [0.15, 0.2) is 120 Å². The molecule has 0 spiro atoms. The van der Waals surface area contributed by atoms with Gasteiger partial charge in [-0.15, -0.1) is 0 Å². The predicted molar refractivity (Wildman–Crippen MR) is 171 cm³/mol. The minimum Gasteiger partial charge on any atom is -0.354 e. The molecule has 8 heteroatoms. The van der Waals surface area contributed by atoms with E-state index in [0.29, 0.717) is 18.7 Å². The molecule has 0 bridgehead atoms. The van der Waals surface area contributed by atoms with Crippen molar-refractivity contribution >= 4 is 27.5 Å². The van der Waals surface area contributed by atoms with Crippen molar-refractivity contribution in [3.05, 3.63) is 132 Å². The maximum Gasteiger partial charge on any atom is 0.264 e. The van der Waals surface area contributed by atoms with Gasteiger partial charge in [0.1, 0.15) is 12.6 Å². The van der Waals surface area contributed by atoms with Gasteiger partial charge in [-0.3, -0.25) is 13.9 Å². The van der Waals surface area contributed by atoms with E-state index in [1.807, 2.05) is 86.6 Å². The number of nitrogens with one attached hydrogen (secondary N) is 1. The van der Waals surface area contributed by atoms with E-state index in [1.165, 1.54) is 21.3 Å². The molecule has 0 aliphatic carbocycles. The summed E-state index contributed by atoms with van der Waals surface area (Å²) >= 11 is 0. The summed E-state index contributed by atoms with van der Waals surface area (Å²) in [6.07, 6.45) is 1.61. The number of para-hydroxylation sites is 1. The summed E-state index contributed by atoms with van der Waals surface area (Å²) in [6, 6.07) is 33.5. The number of aryl methyl sites for hydroxylation is 1. The van der Waals surface area contributed by atoms with Crippen LogP contribution in [0.2, 0.25) is 0 Å². The monoisotopic (exact) mass is 597 g/mol. The average molecular weight is 598 g/mol. The molecule has 0 fully saturated rings. The van der Waals surface area contributed by atoms with Gasteiger partial charge in [-0.1, -0.05) is 111 Å². The highest BCUT2D eigenvalue weighted by Gasteiger charge is 2.35. The normalized spacial score (nSPS) is 11.9. The number of carbonyl (C=O) groups is 2. The molecule has 43 heavy (non-hydrogen) atoms. The molecule has 1 N–H and O–H groups in total. The third-order valence-electron chi connectivity index (χ3n) is 7.27. The first-order chi connectivity index (χ1) is 20.8. The van der Waals surface area contributed by atoms with Crippen molar-refractivity contribution in [3.63, 3.8) is 0 Å². The molecule has 0 heterocycles. The van der Waals surface area contributed by atoms with Gasteiger partial charge in [0.05, 0.1) is 10.6 Å². The summed E-state index contributed by atoms with van der Waals surface area (Å²) in [4.78, 5) is 29.8. The molecule has 224 valence electrons. The number of benzene rings is 4. The average Bonchev–Trinajstić information content (AvgIpc) is 3.05. The van der Waals surface area contributed by atoms with Crippen molar-refractivity contribution in [2.45, 2.75) is 50.6 Å². The quantitative estimate of drug-likeness (QED) is 0.205. The van der Waals surface area contributed by atoms with Gasteiger partial charge in [0.25, 0.3) is 10.0 Å². The standard InChI is InChI=1S/C35H39N3O4S/c1-3-24-36-35(40)33(25-28-16-8-5-9-17-28)37(26-29-18-10-6-11-19-29)34(39)27-38(32-23-15-14-20-30(32)4-2)43(41,42)31-21-12-7-13-22-31/h5-23,33H,3-4,24-27H2,1-2H3,(H,36,40)/t33-/m1/s1. The van der Waals surface area contributed by atoms with Crippen LogP contribution in [0.25, 0.3) is 0 Å². The summed E-state index contributed by atoms with van der Waals surface area (Å²) in [7, 11) is -4.12. The molecule has 4 aromatic carbocycles. The van der Waals surface area contributed by atoms with Crippen LogP contribution in [0, 0.1) is 0 Å². The topological polar surface area (TPSA) is 86.8 Å². The first-order valence-electron chi connectivity index (χ1n) is 14.7. The number of hydrogen-bond donors (Lipinski definition) is 1. The lowest BCUT2D eigenvalue weighted by molar-refractivity contribution is -0.140. The van der Waals surface area contributed by atoms with Crippen LogP contribution in [0.5, 0.6) is 0 Å². The van der Waals surface area contributed by atoms with Gasteiger partial charge in [-0.2, -0.15) is 0 Å². The predicted octanol–water partition coefficient (Wildman–Crippen LogP) is 5.61. The summed E-state index contributed by atoms with van der Waals surface area (Å²) in [5.41, 5.74) is 2.97. The van der Waals surface area contributed by atoms with Gasteiger partial charge in [0.15, 0.2) is 0 Å². The van der Waals surface area contributed by atoms with E-state index in [0.717, 1.165) is 23.1 Å². The Bertz CT molecular complexity index is 1580. The van der Waals surface area contributed by atoms with Crippen molar-refractivity contribution in [1.29, 1.82) is 0 Å². The van der Waals surface area contributed by atoms with E-state index >= 15 is 0 Å². The highest BCUT2D eigenvalue weighted by atomic mass is 32.2. The zero-order valence-corrected chi connectivity index (χ0v) is 25.5. The molecule has 0 saturated carbocycles. The minimum atomic E-state index is -4.12. The summed E-state index contributed by atoms with van der Waals surface area (Å²) in [6.45, 7) is 4.06. The number of nitrogens with zero attached hydrogens (tertiary/aromatic N) is 2. The van der Waals surface area contributed by atoms with Gasteiger partial charge in [0, 0.05) is 19.5 Å². The number of carbonyl (C=O) groups excluding carboxylic acids is 2. The second-order valence-corrected chi connectivity index (χ2v) is 12.2. The second-order valence-electron chi connectivity index (χ2n) is 10.3. The van der Waals surface area contributed by atoms with Crippen LogP contribution < -0.4 is 9.62 Å². The Morgan fingerprint density at radius 3 is 1.91 bits per heavy atom. The maximum atomic E-state index is 14.5. The largest absolute Gasteiger partial charge is 0.354 e. The summed E-state index contributed by atoms with van der Waals surface area (Å²) in [5, 5.41) is 2.97. The summed E-state index contributed by atoms with van der Waals surface area (Å²) < 4.78 is 29.4. The van der Waals surface area contributed by atoms with Crippen LogP contribution in [0.4, 0.5) is 5.69 Å². The van der Waals surface area contributed by atoms with E-state index in [2.05, 4.69) is 5.32 Å². The van der Waals surface area contributed by atoms with Crippen molar-refractivity contribution in [2.24, 2.45) is 0 Å². The maximum absolute atomic E-state index is 14.5. The third kappa shape index (κ3) is 8.11. The van der Waals surface area contributed by atoms with Crippen LogP contribution in [-0.2, 0) is 39.0 Å². The molecule has 4 rings (SSSR count). The van der Waals surface area contributed by atoms with Crippen LogP contribution in [-0.4, -0.2) is 44.3 Å². The minimum absolute atomic E-state index is 0.0878. The smallest absolute Gasteiger partial charge is 0.264 e. The van der Waals surface area contributed by atoms with Crippen molar-refractivity contribution < 1.29 is 18.0 Å². The van der Waals surface area contributed by atoms with Crippen molar-refractivity contribution in [3.8, 4) is 0 Å². The lowest BCUT2D eigenvalue weighted by Gasteiger charge is -2.34. The Kier molecular flexibility index (Phi) is 11.1. The molecule has 1 atom stereocenters. The zero-order valence-electron chi connectivity index (χ0n) is 24.7. The van der Waals surface area contributed by atoms with Crippen LogP contribution >= 0.6 is 0 Å².